The fourth-order valence-corrected chi connectivity index (χ4v) is 5.55. The Hall–Kier alpha value is -1.73. The van der Waals surface area contributed by atoms with E-state index >= 15 is 0 Å². The molecule has 7 heteroatoms. The molecular weight excluding hydrogens is 448 g/mol. The third-order valence-electron chi connectivity index (χ3n) is 7.21. The van der Waals surface area contributed by atoms with Gasteiger partial charge in [-0.25, -0.2) is 4.79 Å². The smallest absolute Gasteiger partial charge is 0.330 e. The van der Waals surface area contributed by atoms with Gasteiger partial charge >= 0.3 is 11.9 Å². The SMILES string of the molecule is CCCCCCCCCCCCCC(CC1CC(=O)CC2(CC3OC(=O)C=CC3O2)O1)OC(C)=O. The predicted octanol–water partition coefficient (Wildman–Crippen LogP) is 5.72. The van der Waals surface area contributed by atoms with Gasteiger partial charge in [-0.2, -0.15) is 0 Å². The highest BCUT2D eigenvalue weighted by Crippen LogP contribution is 2.43. The summed E-state index contributed by atoms with van der Waals surface area (Å²) in [6, 6.07) is 0. The van der Waals surface area contributed by atoms with Crippen molar-refractivity contribution in [3.8, 4) is 0 Å². The Kier molecular flexibility index (Phi) is 11.2. The van der Waals surface area contributed by atoms with Crippen molar-refractivity contribution in [3.63, 3.8) is 0 Å². The highest BCUT2D eigenvalue weighted by atomic mass is 16.7. The summed E-state index contributed by atoms with van der Waals surface area (Å²) in [5.74, 6) is -1.71. The third-order valence-corrected chi connectivity index (χ3v) is 7.21. The van der Waals surface area contributed by atoms with E-state index in [-0.39, 0.29) is 42.9 Å². The molecule has 3 aliphatic heterocycles. The van der Waals surface area contributed by atoms with Crippen molar-refractivity contribution in [1.29, 1.82) is 0 Å². The molecule has 1 spiro atoms. The van der Waals surface area contributed by atoms with E-state index in [1.165, 1.54) is 70.8 Å². The van der Waals surface area contributed by atoms with Gasteiger partial charge in [0.25, 0.3) is 0 Å². The highest BCUT2D eigenvalue weighted by molar-refractivity contribution is 5.83. The van der Waals surface area contributed by atoms with Crippen LogP contribution in [0.25, 0.3) is 0 Å². The van der Waals surface area contributed by atoms with Crippen LogP contribution in [0.15, 0.2) is 12.2 Å². The maximum absolute atomic E-state index is 12.6. The van der Waals surface area contributed by atoms with Crippen LogP contribution in [0.3, 0.4) is 0 Å². The van der Waals surface area contributed by atoms with E-state index in [9.17, 15) is 14.4 Å². The van der Waals surface area contributed by atoms with Crippen LogP contribution in [-0.2, 0) is 33.3 Å². The van der Waals surface area contributed by atoms with Gasteiger partial charge in [-0.05, 0) is 18.9 Å². The van der Waals surface area contributed by atoms with Crippen molar-refractivity contribution >= 4 is 17.7 Å². The molecule has 0 aliphatic carbocycles. The lowest BCUT2D eigenvalue weighted by molar-refractivity contribution is -0.260. The van der Waals surface area contributed by atoms with Gasteiger partial charge in [0.1, 0.15) is 24.1 Å². The molecule has 0 bridgehead atoms. The van der Waals surface area contributed by atoms with Gasteiger partial charge < -0.3 is 18.9 Å². The first-order chi connectivity index (χ1) is 16.9. The van der Waals surface area contributed by atoms with Crippen LogP contribution in [0, 0.1) is 0 Å². The molecule has 7 nitrogen and oxygen atoms in total. The number of ketones is 1. The summed E-state index contributed by atoms with van der Waals surface area (Å²) in [5.41, 5.74) is 0. The van der Waals surface area contributed by atoms with Crippen molar-refractivity contribution < 1.29 is 33.3 Å². The minimum Gasteiger partial charge on any atom is -0.462 e. The standard InChI is InChI=1S/C28H44O7/c1-3-4-5-6-7-8-9-10-11-12-13-14-23(32-21(2)29)18-24-17-22(30)19-28(34-24)20-26-25(35-28)15-16-27(31)33-26/h15-16,23-26H,3-14,17-20H2,1-2H3. The van der Waals surface area contributed by atoms with E-state index < -0.39 is 17.9 Å². The van der Waals surface area contributed by atoms with Crippen LogP contribution in [0.5, 0.6) is 0 Å². The van der Waals surface area contributed by atoms with Crippen LogP contribution in [-0.4, -0.2) is 47.9 Å². The van der Waals surface area contributed by atoms with E-state index in [1.807, 2.05) is 0 Å². The molecule has 0 N–H and O–H groups in total. The lowest BCUT2D eigenvalue weighted by Crippen LogP contribution is -2.46. The molecule has 5 atom stereocenters. The predicted molar refractivity (Wildman–Crippen MR) is 132 cm³/mol. The largest absolute Gasteiger partial charge is 0.462 e. The Balaban J connectivity index is 1.39. The van der Waals surface area contributed by atoms with Gasteiger partial charge in [-0.1, -0.05) is 71.1 Å². The molecular formula is C28H44O7. The topological polar surface area (TPSA) is 88.1 Å². The lowest BCUT2D eigenvalue weighted by atomic mass is 9.93. The van der Waals surface area contributed by atoms with Crippen LogP contribution < -0.4 is 0 Å². The third kappa shape index (κ3) is 9.34. The van der Waals surface area contributed by atoms with Gasteiger partial charge in [-0.15, -0.1) is 0 Å². The number of esters is 2. The number of hydrogen-bond acceptors (Lipinski definition) is 7. The molecule has 0 saturated carbocycles. The zero-order valence-electron chi connectivity index (χ0n) is 21.6. The first-order valence-corrected chi connectivity index (χ1v) is 13.8. The zero-order valence-corrected chi connectivity index (χ0v) is 21.6. The normalized spacial score (nSPS) is 28.7. The number of Topliss-reactive ketones (excluding diaryl/α,β-unsaturated/α-hetero) is 1. The van der Waals surface area contributed by atoms with E-state index in [1.54, 1.807) is 6.08 Å². The second-order valence-electron chi connectivity index (χ2n) is 10.5. The minimum atomic E-state index is -1.07. The molecule has 0 aromatic heterocycles. The minimum absolute atomic E-state index is 0.0615. The molecule has 3 aliphatic rings. The summed E-state index contributed by atoms with van der Waals surface area (Å²) >= 11 is 0. The Bertz CT molecular complexity index is 733. The van der Waals surface area contributed by atoms with Crippen molar-refractivity contribution in [1.82, 2.24) is 0 Å². The molecule has 3 heterocycles. The monoisotopic (exact) mass is 492 g/mol. The quantitative estimate of drug-likeness (QED) is 0.213. The van der Waals surface area contributed by atoms with Crippen molar-refractivity contribution in [2.75, 3.05) is 0 Å². The first-order valence-electron chi connectivity index (χ1n) is 13.8. The molecule has 198 valence electrons. The fourth-order valence-electron chi connectivity index (χ4n) is 5.55. The summed E-state index contributed by atoms with van der Waals surface area (Å²) in [6.45, 7) is 3.67. The summed E-state index contributed by atoms with van der Waals surface area (Å²) in [5, 5.41) is 0. The molecule has 2 fully saturated rings. The molecule has 2 saturated heterocycles. The first kappa shape index (κ1) is 27.9. The van der Waals surface area contributed by atoms with Crippen LogP contribution in [0.2, 0.25) is 0 Å². The van der Waals surface area contributed by atoms with E-state index in [2.05, 4.69) is 6.92 Å². The fraction of sp³-hybridized carbons (Fsp3) is 0.821. The lowest BCUT2D eigenvalue weighted by Gasteiger charge is -2.38. The van der Waals surface area contributed by atoms with Crippen molar-refractivity contribution in [2.45, 2.75) is 147 Å². The Morgan fingerprint density at radius 3 is 2.34 bits per heavy atom. The Labute approximate surface area is 210 Å². The molecule has 0 amide bonds. The van der Waals surface area contributed by atoms with E-state index in [4.69, 9.17) is 18.9 Å². The average Bonchev–Trinajstić information content (AvgIpc) is 3.12. The molecule has 35 heavy (non-hydrogen) atoms. The van der Waals surface area contributed by atoms with Gasteiger partial charge in [0, 0.05) is 32.3 Å². The second kappa shape index (κ2) is 14.1. The van der Waals surface area contributed by atoms with Crippen LogP contribution in [0.1, 0.15) is 117 Å². The summed E-state index contributed by atoms with van der Waals surface area (Å²) in [6.07, 6.45) is 17.5. The second-order valence-corrected chi connectivity index (χ2v) is 10.5. The molecule has 3 rings (SSSR count). The van der Waals surface area contributed by atoms with Crippen molar-refractivity contribution in [3.05, 3.63) is 12.2 Å². The summed E-state index contributed by atoms with van der Waals surface area (Å²) < 4.78 is 23.3. The average molecular weight is 493 g/mol. The number of hydrogen-bond donors (Lipinski definition) is 0. The van der Waals surface area contributed by atoms with E-state index in [0.29, 0.717) is 12.8 Å². The number of unbranched alkanes of at least 4 members (excludes halogenated alkanes) is 10. The van der Waals surface area contributed by atoms with E-state index in [0.717, 1.165) is 19.3 Å². The molecule has 0 radical (unpaired) electrons. The summed E-state index contributed by atoms with van der Waals surface area (Å²) in [4.78, 5) is 35.9. The highest BCUT2D eigenvalue weighted by Gasteiger charge is 2.53. The molecule has 5 unspecified atom stereocenters. The van der Waals surface area contributed by atoms with Crippen LogP contribution >= 0.6 is 0 Å². The van der Waals surface area contributed by atoms with Crippen LogP contribution in [0.4, 0.5) is 0 Å². The Morgan fingerprint density at radius 1 is 1.03 bits per heavy atom. The number of fused-ring (bicyclic) bond motifs is 1. The van der Waals surface area contributed by atoms with Crippen molar-refractivity contribution in [2.24, 2.45) is 0 Å². The summed E-state index contributed by atoms with van der Waals surface area (Å²) in [7, 11) is 0. The maximum atomic E-state index is 12.6. The number of rotatable bonds is 15. The molecule has 0 aromatic carbocycles. The number of ether oxygens (including phenoxy) is 4. The van der Waals surface area contributed by atoms with Gasteiger partial charge in [0.15, 0.2) is 5.79 Å². The van der Waals surface area contributed by atoms with Gasteiger partial charge in [0.2, 0.25) is 0 Å². The maximum Gasteiger partial charge on any atom is 0.330 e. The Morgan fingerprint density at radius 2 is 1.69 bits per heavy atom. The zero-order chi connectivity index (χ0) is 25.1. The number of carbonyl (C=O) groups excluding carboxylic acids is 3. The van der Waals surface area contributed by atoms with Gasteiger partial charge in [0.05, 0.1) is 12.5 Å². The number of carbonyl (C=O) groups is 3. The van der Waals surface area contributed by atoms with Gasteiger partial charge in [-0.3, -0.25) is 9.59 Å². The molecule has 0 aromatic rings.